The van der Waals surface area contributed by atoms with E-state index >= 15 is 0 Å². The Labute approximate surface area is 145 Å². The van der Waals surface area contributed by atoms with Crippen molar-refractivity contribution in [2.45, 2.75) is 45.6 Å². The Kier molecular flexibility index (Phi) is 5.10. The number of aromatic nitrogens is 3. The minimum absolute atomic E-state index is 0.549. The first kappa shape index (κ1) is 16.2. The summed E-state index contributed by atoms with van der Waals surface area (Å²) in [5.41, 5.74) is 2.13. The first-order valence-electron chi connectivity index (χ1n) is 8.17. The molecular weight excluding hydrogens is 354 g/mol. The third-order valence-corrected chi connectivity index (χ3v) is 4.87. The van der Waals surface area contributed by atoms with Crippen molar-refractivity contribution in [3.63, 3.8) is 0 Å². The summed E-state index contributed by atoms with van der Waals surface area (Å²) in [6.07, 6.45) is 6.66. The quantitative estimate of drug-likeness (QED) is 0.854. The van der Waals surface area contributed by atoms with E-state index in [4.69, 9.17) is 0 Å². The standard InChI is InChI=1S/C17H22BrN5/c1-3-14-6-4-5-9-23(14)16-11-19-22-17(21-16)20-15-8-7-13(18)10-12(15)2/h7-8,10-11,14H,3-6,9H2,1-2H3,(H,20,21,22). The number of nitrogens with one attached hydrogen (secondary N) is 1. The van der Waals surface area contributed by atoms with E-state index in [0.29, 0.717) is 12.0 Å². The van der Waals surface area contributed by atoms with E-state index in [-0.39, 0.29) is 0 Å². The second-order valence-corrected chi connectivity index (χ2v) is 6.89. The Balaban J connectivity index is 1.82. The third kappa shape index (κ3) is 3.80. The van der Waals surface area contributed by atoms with E-state index in [1.165, 1.54) is 19.3 Å². The molecule has 0 aliphatic carbocycles. The highest BCUT2D eigenvalue weighted by molar-refractivity contribution is 9.10. The lowest BCUT2D eigenvalue weighted by Gasteiger charge is -2.35. The zero-order valence-electron chi connectivity index (χ0n) is 13.6. The van der Waals surface area contributed by atoms with Crippen molar-refractivity contribution in [1.29, 1.82) is 0 Å². The molecule has 1 fully saturated rings. The molecule has 1 N–H and O–H groups in total. The lowest BCUT2D eigenvalue weighted by Crippen LogP contribution is -2.39. The molecule has 2 aromatic rings. The van der Waals surface area contributed by atoms with Crippen LogP contribution in [0.15, 0.2) is 28.9 Å². The highest BCUT2D eigenvalue weighted by atomic mass is 79.9. The number of halogens is 1. The van der Waals surface area contributed by atoms with Gasteiger partial charge in [0.1, 0.15) is 0 Å². The lowest BCUT2D eigenvalue weighted by atomic mass is 10.0. The van der Waals surface area contributed by atoms with E-state index in [9.17, 15) is 0 Å². The van der Waals surface area contributed by atoms with Crippen LogP contribution in [-0.4, -0.2) is 27.8 Å². The maximum atomic E-state index is 4.68. The molecule has 0 radical (unpaired) electrons. The van der Waals surface area contributed by atoms with Crippen molar-refractivity contribution >= 4 is 33.4 Å². The van der Waals surface area contributed by atoms with Crippen LogP contribution in [0.1, 0.15) is 38.2 Å². The first-order valence-corrected chi connectivity index (χ1v) is 8.96. The molecular formula is C17H22BrN5. The largest absolute Gasteiger partial charge is 0.352 e. The summed E-state index contributed by atoms with van der Waals surface area (Å²) >= 11 is 3.48. The average Bonchev–Trinajstić information content (AvgIpc) is 2.58. The number of rotatable bonds is 4. The van der Waals surface area contributed by atoms with E-state index in [0.717, 1.165) is 34.5 Å². The molecule has 0 spiro atoms. The van der Waals surface area contributed by atoms with Crippen molar-refractivity contribution in [2.75, 3.05) is 16.8 Å². The van der Waals surface area contributed by atoms with Gasteiger partial charge in [-0.25, -0.2) is 0 Å². The van der Waals surface area contributed by atoms with Crippen LogP contribution in [0.25, 0.3) is 0 Å². The highest BCUT2D eigenvalue weighted by Crippen LogP contribution is 2.26. The Hall–Kier alpha value is -1.69. The zero-order chi connectivity index (χ0) is 16.2. The molecule has 1 aliphatic rings. The molecule has 1 aromatic heterocycles. The molecule has 1 aromatic carbocycles. The van der Waals surface area contributed by atoms with Crippen molar-refractivity contribution in [1.82, 2.24) is 15.2 Å². The summed E-state index contributed by atoms with van der Waals surface area (Å²) in [6.45, 7) is 5.35. The van der Waals surface area contributed by atoms with Gasteiger partial charge in [-0.15, -0.1) is 5.10 Å². The van der Waals surface area contributed by atoms with Gasteiger partial charge in [0, 0.05) is 22.7 Å². The van der Waals surface area contributed by atoms with Crippen molar-refractivity contribution in [3.05, 3.63) is 34.4 Å². The summed E-state index contributed by atoms with van der Waals surface area (Å²) in [7, 11) is 0. The van der Waals surface area contributed by atoms with Gasteiger partial charge in [0.05, 0.1) is 6.20 Å². The van der Waals surface area contributed by atoms with Gasteiger partial charge in [-0.05, 0) is 56.4 Å². The fraction of sp³-hybridized carbons (Fsp3) is 0.471. The molecule has 1 aliphatic heterocycles. The van der Waals surface area contributed by atoms with Gasteiger partial charge in [0.25, 0.3) is 0 Å². The van der Waals surface area contributed by atoms with Crippen LogP contribution in [0, 0.1) is 6.92 Å². The number of anilines is 3. The summed E-state index contributed by atoms with van der Waals surface area (Å²) in [5.74, 6) is 1.47. The monoisotopic (exact) mass is 375 g/mol. The first-order chi connectivity index (χ1) is 11.2. The molecule has 0 amide bonds. The molecule has 23 heavy (non-hydrogen) atoms. The maximum Gasteiger partial charge on any atom is 0.249 e. The normalized spacial score (nSPS) is 18.0. The number of nitrogens with zero attached hydrogens (tertiary/aromatic N) is 4. The average molecular weight is 376 g/mol. The van der Waals surface area contributed by atoms with Crippen LogP contribution in [0.2, 0.25) is 0 Å². The highest BCUT2D eigenvalue weighted by Gasteiger charge is 2.22. The Morgan fingerprint density at radius 3 is 3.00 bits per heavy atom. The van der Waals surface area contributed by atoms with Crippen LogP contribution in [0.4, 0.5) is 17.5 Å². The van der Waals surface area contributed by atoms with Gasteiger partial charge in [-0.1, -0.05) is 22.9 Å². The van der Waals surface area contributed by atoms with Crippen LogP contribution < -0.4 is 10.2 Å². The summed E-state index contributed by atoms with van der Waals surface area (Å²) in [5, 5.41) is 11.6. The SMILES string of the molecule is CCC1CCCCN1c1cnnc(Nc2ccc(Br)cc2C)n1. The summed E-state index contributed by atoms with van der Waals surface area (Å²) in [4.78, 5) is 7.06. The molecule has 2 heterocycles. The predicted molar refractivity (Wildman–Crippen MR) is 97.3 cm³/mol. The second kappa shape index (κ2) is 7.25. The number of benzene rings is 1. The Bertz CT molecular complexity index is 676. The van der Waals surface area contributed by atoms with Gasteiger partial charge >= 0.3 is 0 Å². The van der Waals surface area contributed by atoms with Crippen molar-refractivity contribution in [2.24, 2.45) is 0 Å². The Morgan fingerprint density at radius 2 is 2.22 bits per heavy atom. The molecule has 122 valence electrons. The van der Waals surface area contributed by atoms with Crippen LogP contribution in [0.5, 0.6) is 0 Å². The van der Waals surface area contributed by atoms with Crippen molar-refractivity contribution in [3.8, 4) is 0 Å². The fourth-order valence-corrected chi connectivity index (χ4v) is 3.58. The topological polar surface area (TPSA) is 53.9 Å². The van der Waals surface area contributed by atoms with Gasteiger partial charge in [0.2, 0.25) is 5.95 Å². The maximum absolute atomic E-state index is 4.68. The summed E-state index contributed by atoms with van der Waals surface area (Å²) < 4.78 is 1.06. The van der Waals surface area contributed by atoms with E-state index < -0.39 is 0 Å². The summed E-state index contributed by atoms with van der Waals surface area (Å²) in [6, 6.07) is 6.65. The molecule has 0 bridgehead atoms. The minimum atomic E-state index is 0.549. The lowest BCUT2D eigenvalue weighted by molar-refractivity contribution is 0.446. The molecule has 1 saturated heterocycles. The molecule has 6 heteroatoms. The number of aryl methyl sites for hydroxylation is 1. The molecule has 1 atom stereocenters. The zero-order valence-corrected chi connectivity index (χ0v) is 15.2. The molecule has 3 rings (SSSR count). The molecule has 1 unspecified atom stereocenters. The van der Waals surface area contributed by atoms with Crippen LogP contribution in [-0.2, 0) is 0 Å². The predicted octanol–water partition coefficient (Wildman–Crippen LogP) is 4.46. The van der Waals surface area contributed by atoms with E-state index in [2.05, 4.69) is 61.2 Å². The third-order valence-electron chi connectivity index (χ3n) is 4.37. The number of hydrogen-bond acceptors (Lipinski definition) is 5. The van der Waals surface area contributed by atoms with Crippen molar-refractivity contribution < 1.29 is 0 Å². The van der Waals surface area contributed by atoms with Gasteiger partial charge in [-0.2, -0.15) is 10.1 Å². The molecule has 5 nitrogen and oxygen atoms in total. The van der Waals surface area contributed by atoms with Gasteiger partial charge < -0.3 is 10.2 Å². The smallest absolute Gasteiger partial charge is 0.249 e. The van der Waals surface area contributed by atoms with Crippen LogP contribution >= 0.6 is 15.9 Å². The molecule has 0 saturated carbocycles. The van der Waals surface area contributed by atoms with E-state index in [1.54, 1.807) is 6.20 Å². The van der Waals surface area contributed by atoms with Gasteiger partial charge in [0.15, 0.2) is 5.82 Å². The van der Waals surface area contributed by atoms with E-state index in [1.807, 2.05) is 12.1 Å². The van der Waals surface area contributed by atoms with Crippen LogP contribution in [0.3, 0.4) is 0 Å². The number of hydrogen-bond donors (Lipinski definition) is 1. The number of piperidine rings is 1. The fourth-order valence-electron chi connectivity index (χ4n) is 3.10. The van der Waals surface area contributed by atoms with Gasteiger partial charge in [-0.3, -0.25) is 0 Å². The minimum Gasteiger partial charge on any atom is -0.352 e. The second-order valence-electron chi connectivity index (χ2n) is 5.97. The Morgan fingerprint density at radius 1 is 1.35 bits per heavy atom.